The Hall–Kier alpha value is -2.62. The SMILES string of the molecule is COc1cccc2c1nc(N)n1nc(C3CCN(CC(F)(F)F)C3)nc21. The summed E-state index contributed by atoms with van der Waals surface area (Å²) in [5.41, 5.74) is 7.10. The number of para-hydroxylation sites is 1. The van der Waals surface area contributed by atoms with E-state index in [2.05, 4.69) is 15.1 Å². The highest BCUT2D eigenvalue weighted by molar-refractivity contribution is 5.95. The van der Waals surface area contributed by atoms with Gasteiger partial charge in [-0.3, -0.25) is 4.90 Å². The van der Waals surface area contributed by atoms with Gasteiger partial charge in [0, 0.05) is 17.8 Å². The molecule has 1 aromatic carbocycles. The number of nitrogens with two attached hydrogens (primary N) is 1. The largest absolute Gasteiger partial charge is 0.494 e. The van der Waals surface area contributed by atoms with Crippen LogP contribution in [0.25, 0.3) is 16.6 Å². The zero-order chi connectivity index (χ0) is 18.5. The molecule has 4 rings (SSSR count). The summed E-state index contributed by atoms with van der Waals surface area (Å²) < 4.78 is 44.5. The van der Waals surface area contributed by atoms with Crippen molar-refractivity contribution < 1.29 is 17.9 Å². The van der Waals surface area contributed by atoms with Crippen LogP contribution in [0.1, 0.15) is 18.2 Å². The van der Waals surface area contributed by atoms with E-state index in [9.17, 15) is 13.2 Å². The fourth-order valence-electron chi connectivity index (χ4n) is 3.42. The van der Waals surface area contributed by atoms with Crippen LogP contribution in [0.4, 0.5) is 19.1 Å². The molecule has 1 saturated heterocycles. The molecule has 2 N–H and O–H groups in total. The van der Waals surface area contributed by atoms with E-state index >= 15 is 0 Å². The molecule has 0 amide bonds. The van der Waals surface area contributed by atoms with Crippen molar-refractivity contribution >= 4 is 22.5 Å². The Kier molecular flexibility index (Phi) is 3.87. The number of aromatic nitrogens is 4. The first-order valence-corrected chi connectivity index (χ1v) is 8.13. The molecule has 1 aliphatic rings. The highest BCUT2D eigenvalue weighted by atomic mass is 19.4. The van der Waals surface area contributed by atoms with E-state index < -0.39 is 12.7 Å². The van der Waals surface area contributed by atoms with E-state index in [1.807, 2.05) is 12.1 Å². The summed E-state index contributed by atoms with van der Waals surface area (Å²) in [7, 11) is 1.54. The first-order valence-electron chi connectivity index (χ1n) is 8.13. The summed E-state index contributed by atoms with van der Waals surface area (Å²) in [5.74, 6) is 1.04. The van der Waals surface area contributed by atoms with Crippen LogP contribution in [-0.4, -0.2) is 57.4 Å². The number of hydrogen-bond acceptors (Lipinski definition) is 6. The Morgan fingerprint density at radius 2 is 2.12 bits per heavy atom. The van der Waals surface area contributed by atoms with Gasteiger partial charge in [0.1, 0.15) is 11.3 Å². The fourth-order valence-corrected chi connectivity index (χ4v) is 3.42. The number of ether oxygens (including phenoxy) is 1. The number of nitrogens with zero attached hydrogens (tertiary/aromatic N) is 5. The highest BCUT2D eigenvalue weighted by Crippen LogP contribution is 2.31. The Morgan fingerprint density at radius 3 is 2.85 bits per heavy atom. The quantitative estimate of drug-likeness (QED) is 0.766. The Balaban J connectivity index is 1.72. The maximum atomic E-state index is 12.6. The lowest BCUT2D eigenvalue weighted by Gasteiger charge is -2.17. The van der Waals surface area contributed by atoms with Gasteiger partial charge in [-0.25, -0.2) is 9.97 Å². The fraction of sp³-hybridized carbons (Fsp3) is 0.438. The molecule has 138 valence electrons. The molecule has 1 aliphatic heterocycles. The number of nitrogen functional groups attached to an aromatic ring is 1. The first-order chi connectivity index (χ1) is 12.4. The molecule has 0 spiro atoms. The molecule has 0 saturated carbocycles. The Labute approximate surface area is 146 Å². The molecule has 10 heteroatoms. The van der Waals surface area contributed by atoms with Crippen molar-refractivity contribution in [3.63, 3.8) is 0 Å². The van der Waals surface area contributed by atoms with Crippen LogP contribution >= 0.6 is 0 Å². The molecule has 3 heterocycles. The van der Waals surface area contributed by atoms with Crippen molar-refractivity contribution in [1.29, 1.82) is 0 Å². The monoisotopic (exact) mass is 366 g/mol. The number of likely N-dealkylation sites (tertiary alicyclic amines) is 1. The minimum atomic E-state index is -4.21. The third-order valence-corrected chi connectivity index (χ3v) is 4.57. The third-order valence-electron chi connectivity index (χ3n) is 4.57. The second-order valence-corrected chi connectivity index (χ2v) is 6.37. The molecule has 1 unspecified atom stereocenters. The number of alkyl halides is 3. The van der Waals surface area contributed by atoms with Gasteiger partial charge in [-0.1, -0.05) is 6.07 Å². The van der Waals surface area contributed by atoms with Crippen molar-refractivity contribution in [3.8, 4) is 5.75 Å². The average molecular weight is 366 g/mol. The van der Waals surface area contributed by atoms with Crippen LogP contribution in [0.2, 0.25) is 0 Å². The maximum absolute atomic E-state index is 12.6. The summed E-state index contributed by atoms with van der Waals surface area (Å²) >= 11 is 0. The van der Waals surface area contributed by atoms with Crippen LogP contribution in [0.15, 0.2) is 18.2 Å². The molecular formula is C16H17F3N6O. The van der Waals surface area contributed by atoms with Crippen molar-refractivity contribution in [2.45, 2.75) is 18.5 Å². The van der Waals surface area contributed by atoms with Gasteiger partial charge in [-0.05, 0) is 25.1 Å². The normalized spacial score (nSPS) is 18.8. The van der Waals surface area contributed by atoms with Crippen LogP contribution < -0.4 is 10.5 Å². The number of rotatable bonds is 3. The molecule has 1 fully saturated rings. The van der Waals surface area contributed by atoms with E-state index in [0.717, 1.165) is 5.39 Å². The molecule has 2 aromatic heterocycles. The van der Waals surface area contributed by atoms with Crippen LogP contribution in [0, 0.1) is 0 Å². The van der Waals surface area contributed by atoms with Crippen molar-refractivity contribution in [3.05, 3.63) is 24.0 Å². The molecule has 0 aliphatic carbocycles. The molecule has 3 aromatic rings. The van der Waals surface area contributed by atoms with E-state index in [1.54, 1.807) is 13.2 Å². The van der Waals surface area contributed by atoms with Gasteiger partial charge in [0.25, 0.3) is 0 Å². The van der Waals surface area contributed by atoms with Crippen LogP contribution in [0.3, 0.4) is 0 Å². The molecule has 0 bridgehead atoms. The molecule has 26 heavy (non-hydrogen) atoms. The summed E-state index contributed by atoms with van der Waals surface area (Å²) in [6.07, 6.45) is -3.64. The minimum absolute atomic E-state index is 0.154. The molecule has 1 atom stereocenters. The van der Waals surface area contributed by atoms with E-state index in [-0.39, 0.29) is 18.4 Å². The van der Waals surface area contributed by atoms with Gasteiger partial charge >= 0.3 is 6.18 Å². The molecule has 7 nitrogen and oxygen atoms in total. The lowest BCUT2D eigenvalue weighted by molar-refractivity contribution is -0.143. The lowest BCUT2D eigenvalue weighted by atomic mass is 10.1. The van der Waals surface area contributed by atoms with Crippen molar-refractivity contribution in [2.24, 2.45) is 0 Å². The average Bonchev–Trinajstić information content (AvgIpc) is 3.20. The van der Waals surface area contributed by atoms with E-state index in [0.29, 0.717) is 35.7 Å². The predicted molar refractivity (Wildman–Crippen MR) is 89.1 cm³/mol. The Morgan fingerprint density at radius 1 is 1.31 bits per heavy atom. The second-order valence-electron chi connectivity index (χ2n) is 6.37. The van der Waals surface area contributed by atoms with Crippen LogP contribution in [-0.2, 0) is 0 Å². The zero-order valence-electron chi connectivity index (χ0n) is 14.0. The summed E-state index contributed by atoms with van der Waals surface area (Å²) in [5, 5.41) is 5.12. The predicted octanol–water partition coefficient (Wildman–Crippen LogP) is 2.22. The maximum Gasteiger partial charge on any atom is 0.401 e. The molecule has 0 radical (unpaired) electrons. The first kappa shape index (κ1) is 16.8. The van der Waals surface area contributed by atoms with Gasteiger partial charge in [0.2, 0.25) is 5.95 Å². The summed E-state index contributed by atoms with van der Waals surface area (Å²) in [6, 6.07) is 5.42. The van der Waals surface area contributed by atoms with Crippen molar-refractivity contribution in [2.75, 3.05) is 32.5 Å². The Bertz CT molecular complexity index is 970. The smallest absolute Gasteiger partial charge is 0.401 e. The van der Waals surface area contributed by atoms with Gasteiger partial charge < -0.3 is 10.5 Å². The van der Waals surface area contributed by atoms with Gasteiger partial charge in [-0.2, -0.15) is 17.7 Å². The number of methoxy groups -OCH3 is 1. The zero-order valence-corrected chi connectivity index (χ0v) is 14.0. The second kappa shape index (κ2) is 5.97. The van der Waals surface area contributed by atoms with E-state index in [1.165, 1.54) is 9.42 Å². The number of benzene rings is 1. The summed E-state index contributed by atoms with van der Waals surface area (Å²) in [6.45, 7) is -0.284. The number of hydrogen-bond donors (Lipinski definition) is 1. The lowest BCUT2D eigenvalue weighted by Crippen LogP contribution is -2.32. The van der Waals surface area contributed by atoms with Crippen LogP contribution in [0.5, 0.6) is 5.75 Å². The standard InChI is InChI=1S/C16H17F3N6O/c1-26-11-4-2-3-10-12(11)21-15(20)25-14(10)22-13(23-25)9-5-6-24(7-9)8-16(17,18)19/h2-4,9H,5-8H2,1H3,(H2,20,21). The topological polar surface area (TPSA) is 81.6 Å². The number of fused-ring (bicyclic) bond motifs is 3. The van der Waals surface area contributed by atoms with E-state index in [4.69, 9.17) is 10.5 Å². The van der Waals surface area contributed by atoms with Gasteiger partial charge in [-0.15, -0.1) is 5.10 Å². The highest BCUT2D eigenvalue weighted by Gasteiger charge is 2.36. The number of halogens is 3. The minimum Gasteiger partial charge on any atom is -0.494 e. The summed E-state index contributed by atoms with van der Waals surface area (Å²) in [4.78, 5) is 10.3. The van der Waals surface area contributed by atoms with Gasteiger partial charge in [0.05, 0.1) is 13.7 Å². The third kappa shape index (κ3) is 2.90. The molecular weight excluding hydrogens is 349 g/mol. The number of anilines is 1. The van der Waals surface area contributed by atoms with Gasteiger partial charge in [0.15, 0.2) is 11.5 Å². The van der Waals surface area contributed by atoms with Crippen molar-refractivity contribution in [1.82, 2.24) is 24.5 Å².